The number of sulfone groups is 1. The quantitative estimate of drug-likeness (QED) is 0.639. The van der Waals surface area contributed by atoms with Gasteiger partial charge in [-0.2, -0.15) is 0 Å². The summed E-state index contributed by atoms with van der Waals surface area (Å²) in [4.78, 5) is 10.7. The van der Waals surface area contributed by atoms with E-state index in [-0.39, 0.29) is 10.5 Å². The zero-order valence-electron chi connectivity index (χ0n) is 9.07. The molecule has 0 radical (unpaired) electrons. The molecule has 0 aliphatic heterocycles. The van der Waals surface area contributed by atoms with E-state index < -0.39 is 28.0 Å². The summed E-state index contributed by atoms with van der Waals surface area (Å²) < 4.78 is 22.6. The largest absolute Gasteiger partial charge is 0.385 e. The first-order chi connectivity index (χ1) is 7.73. The van der Waals surface area contributed by atoms with Gasteiger partial charge in [-0.1, -0.05) is 12.1 Å². The first-order valence-electron chi connectivity index (χ1n) is 4.69. The Bertz CT molecular complexity index is 525. The third-order valence-corrected chi connectivity index (χ3v) is 3.33. The van der Waals surface area contributed by atoms with Crippen LogP contribution in [-0.2, 0) is 14.6 Å². The van der Waals surface area contributed by atoms with Crippen molar-refractivity contribution in [2.45, 2.75) is 17.1 Å². The molecular weight excluding hydrogens is 246 g/mol. The van der Waals surface area contributed by atoms with Gasteiger partial charge in [-0.25, -0.2) is 8.42 Å². The maximum atomic E-state index is 11.3. The fourth-order valence-corrected chi connectivity index (χ4v) is 1.94. The Morgan fingerprint density at radius 2 is 1.94 bits per heavy atom. The molecule has 7 heteroatoms. The Kier molecular flexibility index (Phi) is 3.87. The smallest absolute Gasteiger partial charge is 0.249 e. The van der Waals surface area contributed by atoms with Gasteiger partial charge in [0.25, 0.3) is 0 Å². The highest BCUT2D eigenvalue weighted by Crippen LogP contribution is 2.20. The molecule has 2 unspecified atom stereocenters. The first kappa shape index (κ1) is 13.6. The molecule has 0 saturated heterocycles. The highest BCUT2D eigenvalue weighted by atomic mass is 32.2. The molecule has 0 bridgehead atoms. The summed E-state index contributed by atoms with van der Waals surface area (Å²) in [5.41, 5.74) is 4.94. The number of benzene rings is 1. The number of carbonyl (C=O) groups excluding carboxylic acids is 1. The van der Waals surface area contributed by atoms with Gasteiger partial charge in [0.15, 0.2) is 15.9 Å². The van der Waals surface area contributed by atoms with E-state index in [0.29, 0.717) is 0 Å². The van der Waals surface area contributed by atoms with E-state index in [2.05, 4.69) is 0 Å². The number of nitrogens with two attached hydrogens (primary N) is 1. The molecule has 6 nitrogen and oxygen atoms in total. The van der Waals surface area contributed by atoms with Crippen molar-refractivity contribution in [1.82, 2.24) is 0 Å². The molecule has 0 aliphatic carbocycles. The Hall–Kier alpha value is -1.44. The SMILES string of the molecule is CS(=O)(=O)c1cccc(C(O)C(O)C(N)=O)c1. The second-order valence-electron chi connectivity index (χ2n) is 3.64. The molecule has 94 valence electrons. The monoisotopic (exact) mass is 259 g/mol. The summed E-state index contributed by atoms with van der Waals surface area (Å²) >= 11 is 0. The van der Waals surface area contributed by atoms with Gasteiger partial charge >= 0.3 is 0 Å². The molecule has 1 rings (SSSR count). The minimum Gasteiger partial charge on any atom is -0.385 e. The van der Waals surface area contributed by atoms with Crippen LogP contribution in [-0.4, -0.2) is 36.9 Å². The Morgan fingerprint density at radius 1 is 1.35 bits per heavy atom. The van der Waals surface area contributed by atoms with Crippen LogP contribution in [0.5, 0.6) is 0 Å². The first-order valence-corrected chi connectivity index (χ1v) is 6.58. The Balaban J connectivity index is 3.12. The van der Waals surface area contributed by atoms with E-state index in [1.54, 1.807) is 0 Å². The highest BCUT2D eigenvalue weighted by Gasteiger charge is 2.24. The lowest BCUT2D eigenvalue weighted by molar-refractivity contribution is -0.131. The fourth-order valence-electron chi connectivity index (χ4n) is 1.27. The van der Waals surface area contributed by atoms with E-state index in [4.69, 9.17) is 5.73 Å². The third-order valence-electron chi connectivity index (χ3n) is 2.22. The Morgan fingerprint density at radius 3 is 2.41 bits per heavy atom. The molecule has 0 spiro atoms. The van der Waals surface area contributed by atoms with Gasteiger partial charge in [0.2, 0.25) is 5.91 Å². The number of hydrogen-bond acceptors (Lipinski definition) is 5. The van der Waals surface area contributed by atoms with Crippen molar-refractivity contribution >= 4 is 15.7 Å². The van der Waals surface area contributed by atoms with Crippen LogP contribution in [0.2, 0.25) is 0 Å². The molecule has 0 fully saturated rings. The van der Waals surface area contributed by atoms with Gasteiger partial charge < -0.3 is 15.9 Å². The minimum atomic E-state index is -3.41. The Labute approximate surface area is 98.6 Å². The predicted molar refractivity (Wildman–Crippen MR) is 59.7 cm³/mol. The van der Waals surface area contributed by atoms with Gasteiger partial charge in [-0.15, -0.1) is 0 Å². The van der Waals surface area contributed by atoms with Gasteiger partial charge in [0, 0.05) is 6.26 Å². The number of primary amides is 1. The second-order valence-corrected chi connectivity index (χ2v) is 5.65. The third kappa shape index (κ3) is 3.26. The number of amides is 1. The molecule has 1 aromatic carbocycles. The minimum absolute atomic E-state index is 0.00859. The number of hydrogen-bond donors (Lipinski definition) is 3. The van der Waals surface area contributed by atoms with Crippen LogP contribution in [0.1, 0.15) is 11.7 Å². The summed E-state index contributed by atoms with van der Waals surface area (Å²) in [6.07, 6.45) is -2.30. The standard InChI is InChI=1S/C10H13NO5S/c1-17(15,16)7-4-2-3-6(5-7)8(12)9(13)10(11)14/h2-5,8-9,12-13H,1H3,(H2,11,14). The van der Waals surface area contributed by atoms with E-state index in [1.165, 1.54) is 24.3 Å². The number of aliphatic hydroxyl groups is 2. The van der Waals surface area contributed by atoms with Gasteiger partial charge in [0.05, 0.1) is 4.90 Å². The van der Waals surface area contributed by atoms with Crippen molar-refractivity contribution in [3.63, 3.8) is 0 Å². The van der Waals surface area contributed by atoms with Crippen LogP contribution in [0.15, 0.2) is 29.2 Å². The molecule has 0 aromatic heterocycles. The topological polar surface area (TPSA) is 118 Å². The van der Waals surface area contributed by atoms with Crippen LogP contribution in [0.25, 0.3) is 0 Å². The van der Waals surface area contributed by atoms with E-state index in [9.17, 15) is 23.4 Å². The van der Waals surface area contributed by atoms with Crippen molar-refractivity contribution in [2.24, 2.45) is 5.73 Å². The van der Waals surface area contributed by atoms with Crippen molar-refractivity contribution < 1.29 is 23.4 Å². The molecule has 4 N–H and O–H groups in total. The molecule has 0 saturated carbocycles. The second kappa shape index (κ2) is 4.82. The van der Waals surface area contributed by atoms with Crippen LogP contribution in [0.3, 0.4) is 0 Å². The van der Waals surface area contributed by atoms with Crippen LogP contribution in [0, 0.1) is 0 Å². The number of aliphatic hydroxyl groups excluding tert-OH is 2. The van der Waals surface area contributed by atoms with Gasteiger partial charge in [-0.05, 0) is 17.7 Å². The van der Waals surface area contributed by atoms with Crippen molar-refractivity contribution in [3.8, 4) is 0 Å². The summed E-state index contributed by atoms with van der Waals surface area (Å²) in [7, 11) is -3.41. The molecule has 0 aliphatic rings. The van der Waals surface area contributed by atoms with Gasteiger partial charge in [0.1, 0.15) is 6.10 Å². The lowest BCUT2D eigenvalue weighted by Crippen LogP contribution is -2.33. The van der Waals surface area contributed by atoms with Gasteiger partial charge in [-0.3, -0.25) is 4.79 Å². The molecule has 1 aromatic rings. The maximum Gasteiger partial charge on any atom is 0.249 e. The van der Waals surface area contributed by atoms with E-state index >= 15 is 0 Å². The van der Waals surface area contributed by atoms with Crippen LogP contribution < -0.4 is 5.73 Å². The molecular formula is C10H13NO5S. The normalized spacial score (nSPS) is 15.2. The summed E-state index contributed by atoms with van der Waals surface area (Å²) in [6, 6.07) is 5.34. The molecule has 17 heavy (non-hydrogen) atoms. The average molecular weight is 259 g/mol. The van der Waals surface area contributed by atoms with Crippen molar-refractivity contribution in [2.75, 3.05) is 6.26 Å². The van der Waals surface area contributed by atoms with Crippen LogP contribution >= 0.6 is 0 Å². The van der Waals surface area contributed by atoms with Crippen molar-refractivity contribution in [1.29, 1.82) is 0 Å². The number of rotatable bonds is 4. The summed E-state index contributed by atoms with van der Waals surface area (Å²) in [5.74, 6) is -1.08. The lowest BCUT2D eigenvalue weighted by atomic mass is 10.0. The predicted octanol–water partition coefficient (Wildman–Crippen LogP) is -1.03. The van der Waals surface area contributed by atoms with E-state index in [0.717, 1.165) is 6.26 Å². The van der Waals surface area contributed by atoms with Crippen LogP contribution in [0.4, 0.5) is 0 Å². The maximum absolute atomic E-state index is 11.3. The van der Waals surface area contributed by atoms with E-state index in [1.807, 2.05) is 0 Å². The summed E-state index contributed by atoms with van der Waals surface area (Å²) in [5, 5.41) is 18.9. The molecule has 0 heterocycles. The lowest BCUT2D eigenvalue weighted by Gasteiger charge is -2.15. The molecule has 1 amide bonds. The average Bonchev–Trinajstić information content (AvgIpc) is 2.26. The number of carbonyl (C=O) groups is 1. The molecule has 2 atom stereocenters. The fraction of sp³-hybridized carbons (Fsp3) is 0.300. The summed E-state index contributed by atoms with van der Waals surface area (Å²) in [6.45, 7) is 0. The van der Waals surface area contributed by atoms with Crippen molar-refractivity contribution in [3.05, 3.63) is 29.8 Å². The highest BCUT2D eigenvalue weighted by molar-refractivity contribution is 7.90. The zero-order valence-corrected chi connectivity index (χ0v) is 9.89. The zero-order chi connectivity index (χ0) is 13.2.